The SMILES string of the molecule is CC1=CCCN(C(=O)C2NCCCC2C)C1. The molecular formula is C13H22N2O. The summed E-state index contributed by atoms with van der Waals surface area (Å²) in [7, 11) is 0. The molecule has 0 saturated carbocycles. The maximum Gasteiger partial charge on any atom is 0.240 e. The third kappa shape index (κ3) is 2.46. The van der Waals surface area contributed by atoms with Gasteiger partial charge in [0.15, 0.2) is 0 Å². The summed E-state index contributed by atoms with van der Waals surface area (Å²) in [6.45, 7) is 6.99. The molecule has 0 bridgehead atoms. The van der Waals surface area contributed by atoms with E-state index in [0.717, 1.165) is 26.1 Å². The van der Waals surface area contributed by atoms with E-state index < -0.39 is 0 Å². The summed E-state index contributed by atoms with van der Waals surface area (Å²) in [6.07, 6.45) is 5.62. The first-order valence-corrected chi connectivity index (χ1v) is 6.36. The van der Waals surface area contributed by atoms with E-state index in [-0.39, 0.29) is 6.04 Å². The van der Waals surface area contributed by atoms with Crippen LogP contribution in [0.25, 0.3) is 0 Å². The average molecular weight is 222 g/mol. The fourth-order valence-electron chi connectivity index (χ4n) is 2.68. The van der Waals surface area contributed by atoms with Crippen molar-refractivity contribution >= 4 is 5.91 Å². The molecule has 0 radical (unpaired) electrons. The van der Waals surface area contributed by atoms with Crippen LogP contribution in [0.4, 0.5) is 0 Å². The summed E-state index contributed by atoms with van der Waals surface area (Å²) in [5, 5.41) is 3.37. The van der Waals surface area contributed by atoms with Crippen LogP contribution in [-0.2, 0) is 4.79 Å². The first kappa shape index (κ1) is 11.6. The van der Waals surface area contributed by atoms with E-state index in [4.69, 9.17) is 0 Å². The maximum atomic E-state index is 12.3. The van der Waals surface area contributed by atoms with Crippen molar-refractivity contribution in [3.8, 4) is 0 Å². The molecule has 2 heterocycles. The second-order valence-electron chi connectivity index (χ2n) is 5.15. The lowest BCUT2D eigenvalue weighted by Gasteiger charge is -2.35. The summed E-state index contributed by atoms with van der Waals surface area (Å²) in [5.41, 5.74) is 1.32. The highest BCUT2D eigenvalue weighted by atomic mass is 16.2. The number of nitrogens with zero attached hydrogens (tertiary/aromatic N) is 1. The van der Waals surface area contributed by atoms with E-state index in [9.17, 15) is 4.79 Å². The van der Waals surface area contributed by atoms with E-state index >= 15 is 0 Å². The standard InChI is InChI=1S/C13H22N2O/c1-10-5-4-8-15(9-10)13(16)12-11(2)6-3-7-14-12/h5,11-12,14H,3-4,6-9H2,1-2H3. The number of carbonyl (C=O) groups is 1. The Labute approximate surface area is 97.9 Å². The van der Waals surface area contributed by atoms with Gasteiger partial charge in [-0.1, -0.05) is 18.6 Å². The van der Waals surface area contributed by atoms with Gasteiger partial charge in [0.05, 0.1) is 6.04 Å². The van der Waals surface area contributed by atoms with Crippen molar-refractivity contribution in [3.63, 3.8) is 0 Å². The Morgan fingerprint density at radius 3 is 3.06 bits per heavy atom. The first-order chi connectivity index (χ1) is 7.68. The predicted molar refractivity (Wildman–Crippen MR) is 65.1 cm³/mol. The van der Waals surface area contributed by atoms with Crippen LogP contribution < -0.4 is 5.32 Å². The van der Waals surface area contributed by atoms with Crippen LogP contribution in [0.2, 0.25) is 0 Å². The number of piperidine rings is 1. The molecule has 2 atom stereocenters. The molecule has 2 aliphatic heterocycles. The quantitative estimate of drug-likeness (QED) is 0.683. The summed E-state index contributed by atoms with van der Waals surface area (Å²) in [4.78, 5) is 14.4. The topological polar surface area (TPSA) is 32.3 Å². The third-order valence-corrected chi connectivity index (χ3v) is 3.68. The van der Waals surface area contributed by atoms with Crippen molar-refractivity contribution < 1.29 is 4.79 Å². The number of carbonyl (C=O) groups excluding carboxylic acids is 1. The highest BCUT2D eigenvalue weighted by molar-refractivity contribution is 5.82. The van der Waals surface area contributed by atoms with E-state index in [0.29, 0.717) is 11.8 Å². The number of nitrogens with one attached hydrogen (secondary N) is 1. The molecule has 1 amide bonds. The van der Waals surface area contributed by atoms with E-state index in [1.807, 2.05) is 4.90 Å². The molecule has 1 saturated heterocycles. The molecule has 90 valence electrons. The van der Waals surface area contributed by atoms with Gasteiger partial charge in [0.2, 0.25) is 5.91 Å². The van der Waals surface area contributed by atoms with Crippen LogP contribution in [0.1, 0.15) is 33.1 Å². The zero-order valence-electron chi connectivity index (χ0n) is 10.3. The van der Waals surface area contributed by atoms with Crippen molar-refractivity contribution in [2.45, 2.75) is 39.2 Å². The first-order valence-electron chi connectivity index (χ1n) is 6.36. The van der Waals surface area contributed by atoms with Crippen molar-refractivity contribution in [3.05, 3.63) is 11.6 Å². The van der Waals surface area contributed by atoms with Gasteiger partial charge in [0.1, 0.15) is 0 Å². The molecule has 3 nitrogen and oxygen atoms in total. The molecule has 16 heavy (non-hydrogen) atoms. The zero-order valence-corrected chi connectivity index (χ0v) is 10.3. The fourth-order valence-corrected chi connectivity index (χ4v) is 2.68. The van der Waals surface area contributed by atoms with Crippen LogP contribution >= 0.6 is 0 Å². The Balaban J connectivity index is 1.98. The highest BCUT2D eigenvalue weighted by Gasteiger charge is 2.31. The van der Waals surface area contributed by atoms with E-state index in [1.165, 1.54) is 18.4 Å². The monoisotopic (exact) mass is 222 g/mol. The van der Waals surface area contributed by atoms with Gasteiger partial charge in [-0.3, -0.25) is 4.79 Å². The lowest BCUT2D eigenvalue weighted by Crippen LogP contribution is -2.53. The molecule has 0 spiro atoms. The number of amides is 1. The van der Waals surface area contributed by atoms with Gasteiger partial charge in [-0.25, -0.2) is 0 Å². The molecular weight excluding hydrogens is 200 g/mol. The van der Waals surface area contributed by atoms with Crippen LogP contribution in [0.15, 0.2) is 11.6 Å². The van der Waals surface area contributed by atoms with Crippen LogP contribution in [0.3, 0.4) is 0 Å². The number of hydrogen-bond acceptors (Lipinski definition) is 2. The Hall–Kier alpha value is -0.830. The Bertz CT molecular complexity index is 298. The Morgan fingerprint density at radius 2 is 2.38 bits per heavy atom. The predicted octanol–water partition coefficient (Wildman–Crippen LogP) is 1.55. The fraction of sp³-hybridized carbons (Fsp3) is 0.769. The largest absolute Gasteiger partial charge is 0.337 e. The lowest BCUT2D eigenvalue weighted by atomic mass is 9.91. The van der Waals surface area contributed by atoms with Crippen molar-refractivity contribution in [1.82, 2.24) is 10.2 Å². The van der Waals surface area contributed by atoms with E-state index in [1.54, 1.807) is 0 Å². The third-order valence-electron chi connectivity index (χ3n) is 3.68. The second-order valence-corrected chi connectivity index (χ2v) is 5.15. The second kappa shape index (κ2) is 5.00. The molecule has 0 aromatic rings. The van der Waals surface area contributed by atoms with Crippen molar-refractivity contribution in [2.24, 2.45) is 5.92 Å². The normalized spacial score (nSPS) is 31.1. The van der Waals surface area contributed by atoms with Gasteiger partial charge in [-0.15, -0.1) is 0 Å². The lowest BCUT2D eigenvalue weighted by molar-refractivity contribution is -0.135. The van der Waals surface area contributed by atoms with Gasteiger partial charge in [0.25, 0.3) is 0 Å². The Morgan fingerprint density at radius 1 is 1.56 bits per heavy atom. The highest BCUT2D eigenvalue weighted by Crippen LogP contribution is 2.19. The van der Waals surface area contributed by atoms with E-state index in [2.05, 4.69) is 25.2 Å². The molecule has 2 aliphatic rings. The smallest absolute Gasteiger partial charge is 0.240 e. The van der Waals surface area contributed by atoms with Crippen LogP contribution in [0, 0.1) is 5.92 Å². The summed E-state index contributed by atoms with van der Waals surface area (Å²) in [6, 6.07) is 0.0552. The van der Waals surface area contributed by atoms with Gasteiger partial charge in [-0.2, -0.15) is 0 Å². The summed E-state index contributed by atoms with van der Waals surface area (Å²) >= 11 is 0. The molecule has 1 fully saturated rings. The molecule has 1 N–H and O–H groups in total. The van der Waals surface area contributed by atoms with Gasteiger partial charge in [0, 0.05) is 13.1 Å². The van der Waals surface area contributed by atoms with Gasteiger partial charge >= 0.3 is 0 Å². The van der Waals surface area contributed by atoms with Gasteiger partial charge < -0.3 is 10.2 Å². The number of rotatable bonds is 1. The van der Waals surface area contributed by atoms with Crippen LogP contribution in [0.5, 0.6) is 0 Å². The zero-order chi connectivity index (χ0) is 11.5. The minimum atomic E-state index is 0.0552. The maximum absolute atomic E-state index is 12.3. The number of hydrogen-bond donors (Lipinski definition) is 1. The summed E-state index contributed by atoms with van der Waals surface area (Å²) in [5.74, 6) is 0.784. The summed E-state index contributed by atoms with van der Waals surface area (Å²) < 4.78 is 0. The van der Waals surface area contributed by atoms with Crippen LogP contribution in [-0.4, -0.2) is 36.5 Å². The van der Waals surface area contributed by atoms with Crippen molar-refractivity contribution in [2.75, 3.05) is 19.6 Å². The molecule has 2 rings (SSSR count). The Kier molecular flexibility index (Phi) is 3.64. The minimum absolute atomic E-state index is 0.0552. The molecule has 3 heteroatoms. The molecule has 0 aromatic carbocycles. The van der Waals surface area contributed by atoms with Gasteiger partial charge in [-0.05, 0) is 38.6 Å². The molecule has 2 unspecified atom stereocenters. The molecule has 0 aromatic heterocycles. The minimum Gasteiger partial charge on any atom is -0.337 e. The van der Waals surface area contributed by atoms with Crippen molar-refractivity contribution in [1.29, 1.82) is 0 Å². The average Bonchev–Trinajstić information content (AvgIpc) is 2.29. The molecule has 0 aliphatic carbocycles.